The van der Waals surface area contributed by atoms with Crippen molar-refractivity contribution in [1.82, 2.24) is 5.32 Å². The normalized spacial score (nSPS) is 11.7. The molecule has 6 heteroatoms. The molecule has 2 aromatic rings. The number of aliphatic carboxylic acids is 1. The van der Waals surface area contributed by atoms with E-state index in [1.165, 1.54) is 0 Å². The van der Waals surface area contributed by atoms with Gasteiger partial charge in [0.2, 0.25) is 0 Å². The molecule has 0 radical (unpaired) electrons. The molecule has 6 nitrogen and oxygen atoms in total. The summed E-state index contributed by atoms with van der Waals surface area (Å²) in [4.78, 5) is 10.4. The molecule has 0 heterocycles. The predicted octanol–water partition coefficient (Wildman–Crippen LogP) is 2.07. The van der Waals surface area contributed by atoms with Crippen LogP contribution in [0.2, 0.25) is 0 Å². The molecule has 0 aliphatic rings. The SMILES string of the molecule is O=C(O)COc1ccc(CCNCCC(O)Oc2ccccc2)cc1. The molecule has 3 N–H and O–H groups in total. The van der Waals surface area contributed by atoms with Crippen molar-refractivity contribution < 1.29 is 24.5 Å². The Balaban J connectivity index is 1.58. The van der Waals surface area contributed by atoms with E-state index in [-0.39, 0.29) is 6.61 Å². The molecule has 0 bridgehead atoms. The Morgan fingerprint density at radius 2 is 1.72 bits per heavy atom. The van der Waals surface area contributed by atoms with Crippen LogP contribution in [-0.4, -0.2) is 42.2 Å². The van der Waals surface area contributed by atoms with E-state index in [9.17, 15) is 9.90 Å². The van der Waals surface area contributed by atoms with Gasteiger partial charge in [-0.3, -0.25) is 0 Å². The van der Waals surface area contributed by atoms with Gasteiger partial charge in [0.05, 0.1) is 0 Å². The smallest absolute Gasteiger partial charge is 0.341 e. The average molecular weight is 345 g/mol. The van der Waals surface area contributed by atoms with E-state index in [0.29, 0.717) is 24.5 Å². The van der Waals surface area contributed by atoms with E-state index in [1.807, 2.05) is 30.3 Å². The van der Waals surface area contributed by atoms with Gasteiger partial charge in [-0.25, -0.2) is 4.79 Å². The number of para-hydroxylation sites is 1. The van der Waals surface area contributed by atoms with Gasteiger partial charge in [0, 0.05) is 13.0 Å². The van der Waals surface area contributed by atoms with Gasteiger partial charge in [-0.2, -0.15) is 0 Å². The molecule has 0 spiro atoms. The molecular weight excluding hydrogens is 322 g/mol. The second-order valence-corrected chi connectivity index (χ2v) is 5.50. The second kappa shape index (κ2) is 10.3. The number of nitrogens with one attached hydrogen (secondary N) is 1. The van der Waals surface area contributed by atoms with Gasteiger partial charge in [-0.1, -0.05) is 30.3 Å². The third-order valence-corrected chi connectivity index (χ3v) is 3.46. The van der Waals surface area contributed by atoms with Crippen molar-refractivity contribution >= 4 is 5.97 Å². The summed E-state index contributed by atoms with van der Waals surface area (Å²) in [5, 5.41) is 21.6. The molecule has 2 rings (SSSR count). The summed E-state index contributed by atoms with van der Waals surface area (Å²) in [7, 11) is 0. The third kappa shape index (κ3) is 7.69. The average Bonchev–Trinajstić information content (AvgIpc) is 2.61. The second-order valence-electron chi connectivity index (χ2n) is 5.50. The minimum absolute atomic E-state index is 0.339. The van der Waals surface area contributed by atoms with Gasteiger partial charge in [0.1, 0.15) is 11.5 Å². The maximum atomic E-state index is 10.4. The molecule has 1 unspecified atom stereocenters. The number of hydrogen-bond acceptors (Lipinski definition) is 5. The fraction of sp³-hybridized carbons (Fsp3) is 0.316. The zero-order valence-electron chi connectivity index (χ0n) is 13.9. The fourth-order valence-electron chi connectivity index (χ4n) is 2.20. The lowest BCUT2D eigenvalue weighted by molar-refractivity contribution is -0.139. The molecule has 0 fully saturated rings. The van der Waals surface area contributed by atoms with Crippen LogP contribution in [0.1, 0.15) is 12.0 Å². The van der Waals surface area contributed by atoms with Gasteiger partial charge in [0.25, 0.3) is 0 Å². The summed E-state index contributed by atoms with van der Waals surface area (Å²) in [6.45, 7) is 1.08. The van der Waals surface area contributed by atoms with Gasteiger partial charge in [-0.05, 0) is 42.8 Å². The van der Waals surface area contributed by atoms with Crippen LogP contribution in [0.25, 0.3) is 0 Å². The Kier molecular flexibility index (Phi) is 7.75. The Labute approximate surface area is 147 Å². The van der Waals surface area contributed by atoms with E-state index >= 15 is 0 Å². The van der Waals surface area contributed by atoms with Gasteiger partial charge in [0.15, 0.2) is 12.9 Å². The van der Waals surface area contributed by atoms with Crippen molar-refractivity contribution in [3.63, 3.8) is 0 Å². The molecule has 0 aliphatic carbocycles. The molecule has 0 aliphatic heterocycles. The Morgan fingerprint density at radius 3 is 2.40 bits per heavy atom. The molecule has 134 valence electrons. The molecule has 0 saturated carbocycles. The number of carboxylic acid groups (broad SMARTS) is 1. The first-order valence-electron chi connectivity index (χ1n) is 8.17. The fourth-order valence-corrected chi connectivity index (χ4v) is 2.20. The van der Waals surface area contributed by atoms with E-state index in [4.69, 9.17) is 14.6 Å². The minimum Gasteiger partial charge on any atom is -0.482 e. The van der Waals surface area contributed by atoms with Crippen LogP contribution >= 0.6 is 0 Å². The van der Waals surface area contributed by atoms with Gasteiger partial charge >= 0.3 is 5.97 Å². The quantitative estimate of drug-likeness (QED) is 0.427. The van der Waals surface area contributed by atoms with Crippen LogP contribution < -0.4 is 14.8 Å². The van der Waals surface area contributed by atoms with Crippen molar-refractivity contribution in [2.45, 2.75) is 19.1 Å². The molecule has 2 aromatic carbocycles. The number of ether oxygens (including phenoxy) is 2. The predicted molar refractivity (Wildman–Crippen MR) is 93.8 cm³/mol. The molecule has 1 atom stereocenters. The minimum atomic E-state index is -0.994. The van der Waals surface area contributed by atoms with E-state index in [2.05, 4.69) is 5.32 Å². The maximum absolute atomic E-state index is 10.4. The maximum Gasteiger partial charge on any atom is 0.341 e. The number of aliphatic hydroxyl groups is 1. The summed E-state index contributed by atoms with van der Waals surface area (Å²) in [5.41, 5.74) is 1.12. The molecule has 0 saturated heterocycles. The van der Waals surface area contributed by atoms with Crippen LogP contribution in [0, 0.1) is 0 Å². The Hall–Kier alpha value is -2.57. The van der Waals surface area contributed by atoms with Crippen molar-refractivity contribution in [3.05, 3.63) is 60.2 Å². The number of hydrogen-bond donors (Lipinski definition) is 3. The van der Waals surface area contributed by atoms with Crippen LogP contribution in [0.3, 0.4) is 0 Å². The first-order valence-corrected chi connectivity index (χ1v) is 8.17. The Morgan fingerprint density at radius 1 is 1.00 bits per heavy atom. The lowest BCUT2D eigenvalue weighted by Gasteiger charge is -2.13. The molecule has 0 amide bonds. The summed E-state index contributed by atoms with van der Waals surface area (Å²) in [5.74, 6) is 0.201. The molecule has 25 heavy (non-hydrogen) atoms. The highest BCUT2D eigenvalue weighted by Crippen LogP contribution is 2.13. The van der Waals surface area contributed by atoms with Crippen molar-refractivity contribution in [2.24, 2.45) is 0 Å². The lowest BCUT2D eigenvalue weighted by Crippen LogP contribution is -2.25. The standard InChI is InChI=1S/C19H23NO5/c21-18(22)14-24-16-8-6-15(7-9-16)10-12-20-13-11-19(23)25-17-4-2-1-3-5-17/h1-9,19-20,23H,10-14H2,(H,21,22). The first-order chi connectivity index (χ1) is 12.1. The zero-order valence-corrected chi connectivity index (χ0v) is 13.9. The Bertz CT molecular complexity index is 630. The van der Waals surface area contributed by atoms with Gasteiger partial charge < -0.3 is 25.0 Å². The van der Waals surface area contributed by atoms with E-state index in [1.54, 1.807) is 24.3 Å². The largest absolute Gasteiger partial charge is 0.482 e. The van der Waals surface area contributed by atoms with Crippen LogP contribution in [-0.2, 0) is 11.2 Å². The van der Waals surface area contributed by atoms with Crippen LogP contribution in [0.5, 0.6) is 11.5 Å². The lowest BCUT2D eigenvalue weighted by atomic mass is 10.1. The van der Waals surface area contributed by atoms with Crippen molar-refractivity contribution in [3.8, 4) is 11.5 Å². The number of carbonyl (C=O) groups is 1. The van der Waals surface area contributed by atoms with Crippen LogP contribution in [0.15, 0.2) is 54.6 Å². The van der Waals surface area contributed by atoms with Gasteiger partial charge in [-0.15, -0.1) is 0 Å². The highest BCUT2D eigenvalue weighted by atomic mass is 16.6. The highest BCUT2D eigenvalue weighted by molar-refractivity contribution is 5.68. The highest BCUT2D eigenvalue weighted by Gasteiger charge is 2.05. The third-order valence-electron chi connectivity index (χ3n) is 3.46. The number of aliphatic hydroxyl groups excluding tert-OH is 1. The number of rotatable bonds is 11. The summed E-state index contributed by atoms with van der Waals surface area (Å²) in [6, 6.07) is 16.6. The van der Waals surface area contributed by atoms with E-state index < -0.39 is 12.3 Å². The molecule has 0 aromatic heterocycles. The monoisotopic (exact) mass is 345 g/mol. The number of benzene rings is 2. The van der Waals surface area contributed by atoms with E-state index in [0.717, 1.165) is 18.5 Å². The topological polar surface area (TPSA) is 88.0 Å². The first kappa shape index (κ1) is 18.8. The van der Waals surface area contributed by atoms with Crippen LogP contribution in [0.4, 0.5) is 0 Å². The summed E-state index contributed by atoms with van der Waals surface area (Å²) < 4.78 is 10.5. The van der Waals surface area contributed by atoms with Crippen molar-refractivity contribution in [1.29, 1.82) is 0 Å². The number of carboxylic acids is 1. The summed E-state index contributed by atoms with van der Waals surface area (Å²) in [6.07, 6.45) is 0.492. The van der Waals surface area contributed by atoms with Crippen molar-refractivity contribution in [2.75, 3.05) is 19.7 Å². The summed E-state index contributed by atoms with van der Waals surface area (Å²) >= 11 is 0. The zero-order chi connectivity index (χ0) is 17.9. The molecular formula is C19H23NO5.